The van der Waals surface area contributed by atoms with Crippen LogP contribution in [-0.4, -0.2) is 32.1 Å². The number of hydrogen-bond acceptors (Lipinski definition) is 2. The van der Waals surface area contributed by atoms with E-state index >= 15 is 0 Å². The molecule has 1 rings (SSSR count). The fourth-order valence-electron chi connectivity index (χ4n) is 1.31. The second-order valence-corrected chi connectivity index (χ2v) is 3.13. The molecule has 13 heavy (non-hydrogen) atoms. The lowest BCUT2D eigenvalue weighted by atomic mass is 10.0. The van der Waals surface area contributed by atoms with Gasteiger partial charge in [0, 0.05) is 20.1 Å². The molecule has 0 saturated carbocycles. The fraction of sp³-hybridized carbons (Fsp3) is 1.00. The van der Waals surface area contributed by atoms with Crippen molar-refractivity contribution in [2.45, 2.75) is 37.6 Å². The van der Waals surface area contributed by atoms with Crippen molar-refractivity contribution in [3.8, 4) is 0 Å². The van der Waals surface area contributed by atoms with Crippen molar-refractivity contribution in [3.63, 3.8) is 0 Å². The first-order valence-electron chi connectivity index (χ1n) is 4.24. The van der Waals surface area contributed by atoms with E-state index in [9.17, 15) is 13.2 Å². The summed E-state index contributed by atoms with van der Waals surface area (Å²) in [4.78, 5) is 0. The summed E-state index contributed by atoms with van der Waals surface area (Å²) in [5.41, 5.74) is 0. The Hall–Kier alpha value is -0.290. The van der Waals surface area contributed by atoms with Gasteiger partial charge < -0.3 is 9.47 Å². The minimum Gasteiger partial charge on any atom is -0.379 e. The summed E-state index contributed by atoms with van der Waals surface area (Å²) in [5.74, 6) is 0. The van der Waals surface area contributed by atoms with Gasteiger partial charge in [0.1, 0.15) is 0 Å². The molecular formula is C8H13F3O2. The Morgan fingerprint density at radius 1 is 1.54 bits per heavy atom. The fourth-order valence-corrected chi connectivity index (χ4v) is 1.31. The van der Waals surface area contributed by atoms with Crippen LogP contribution >= 0.6 is 0 Å². The van der Waals surface area contributed by atoms with Crippen molar-refractivity contribution in [1.29, 1.82) is 0 Å². The van der Waals surface area contributed by atoms with Crippen LogP contribution in [0.5, 0.6) is 0 Å². The predicted molar refractivity (Wildman–Crippen MR) is 40.4 cm³/mol. The molecule has 0 N–H and O–H groups in total. The Labute approximate surface area is 75.0 Å². The molecule has 1 aliphatic heterocycles. The van der Waals surface area contributed by atoms with Gasteiger partial charge in [-0.05, 0) is 12.8 Å². The third kappa shape index (κ3) is 3.52. The monoisotopic (exact) mass is 198 g/mol. The van der Waals surface area contributed by atoms with Gasteiger partial charge in [-0.25, -0.2) is 0 Å². The van der Waals surface area contributed by atoms with Gasteiger partial charge in [0.2, 0.25) is 0 Å². The summed E-state index contributed by atoms with van der Waals surface area (Å²) in [7, 11) is 1.42. The maximum Gasteiger partial charge on any atom is 0.389 e. The Morgan fingerprint density at radius 3 is 2.46 bits per heavy atom. The summed E-state index contributed by atoms with van der Waals surface area (Å²) < 4.78 is 45.5. The standard InChI is InChI=1S/C8H13F3O2/c1-12-6(7-3-5-13-7)2-4-8(9,10)11/h6-7H,2-5H2,1H3. The van der Waals surface area contributed by atoms with Crippen molar-refractivity contribution < 1.29 is 22.6 Å². The molecule has 0 amide bonds. The number of halogens is 3. The first-order chi connectivity index (χ1) is 6.03. The molecular weight excluding hydrogens is 185 g/mol. The topological polar surface area (TPSA) is 18.5 Å². The van der Waals surface area contributed by atoms with Gasteiger partial charge in [-0.3, -0.25) is 0 Å². The minimum absolute atomic E-state index is 0.00926. The highest BCUT2D eigenvalue weighted by molar-refractivity contribution is 4.77. The number of hydrogen-bond donors (Lipinski definition) is 0. The van der Waals surface area contributed by atoms with Crippen molar-refractivity contribution in [2.75, 3.05) is 13.7 Å². The van der Waals surface area contributed by atoms with Crippen molar-refractivity contribution in [2.24, 2.45) is 0 Å². The SMILES string of the molecule is COC(CCC(F)(F)F)C1CCO1. The third-order valence-electron chi connectivity index (χ3n) is 2.16. The van der Waals surface area contributed by atoms with Crippen LogP contribution in [0, 0.1) is 0 Å². The van der Waals surface area contributed by atoms with Crippen LogP contribution in [0.1, 0.15) is 19.3 Å². The summed E-state index contributed by atoms with van der Waals surface area (Å²) in [5, 5.41) is 0. The summed E-state index contributed by atoms with van der Waals surface area (Å²) >= 11 is 0. The maximum atomic E-state index is 11.8. The van der Waals surface area contributed by atoms with E-state index in [-0.39, 0.29) is 12.5 Å². The molecule has 0 aromatic carbocycles. The highest BCUT2D eigenvalue weighted by Crippen LogP contribution is 2.27. The van der Waals surface area contributed by atoms with Gasteiger partial charge in [0.25, 0.3) is 0 Å². The summed E-state index contributed by atoms with van der Waals surface area (Å²) in [6.07, 6.45) is -4.64. The van der Waals surface area contributed by atoms with E-state index in [1.807, 2.05) is 0 Å². The zero-order valence-corrected chi connectivity index (χ0v) is 7.43. The molecule has 2 atom stereocenters. The lowest BCUT2D eigenvalue weighted by Gasteiger charge is -2.33. The highest BCUT2D eigenvalue weighted by Gasteiger charge is 2.33. The lowest BCUT2D eigenvalue weighted by Crippen LogP contribution is -2.40. The molecule has 0 aliphatic carbocycles. The van der Waals surface area contributed by atoms with Crippen LogP contribution in [0.2, 0.25) is 0 Å². The predicted octanol–water partition coefficient (Wildman–Crippen LogP) is 2.13. The van der Waals surface area contributed by atoms with Gasteiger partial charge in [-0.1, -0.05) is 0 Å². The maximum absolute atomic E-state index is 11.8. The zero-order chi connectivity index (χ0) is 9.90. The molecule has 1 saturated heterocycles. The Bertz CT molecular complexity index is 154. The average Bonchev–Trinajstić information content (AvgIpc) is 1.91. The molecule has 5 heteroatoms. The van der Waals surface area contributed by atoms with Gasteiger partial charge in [-0.2, -0.15) is 13.2 Å². The molecule has 2 nitrogen and oxygen atoms in total. The second-order valence-electron chi connectivity index (χ2n) is 3.13. The first-order valence-corrected chi connectivity index (χ1v) is 4.24. The van der Waals surface area contributed by atoms with Gasteiger partial charge in [0.05, 0.1) is 12.2 Å². The van der Waals surface area contributed by atoms with E-state index in [1.165, 1.54) is 7.11 Å². The Morgan fingerprint density at radius 2 is 2.15 bits per heavy atom. The van der Waals surface area contributed by atoms with Gasteiger partial charge >= 0.3 is 6.18 Å². The zero-order valence-electron chi connectivity index (χ0n) is 7.43. The minimum atomic E-state index is -4.10. The smallest absolute Gasteiger partial charge is 0.379 e. The summed E-state index contributed by atoms with van der Waals surface area (Å²) in [6, 6.07) is 0. The van der Waals surface area contributed by atoms with Gasteiger partial charge in [-0.15, -0.1) is 0 Å². The average molecular weight is 198 g/mol. The molecule has 0 aromatic heterocycles. The molecule has 0 spiro atoms. The second kappa shape index (κ2) is 4.28. The van der Waals surface area contributed by atoms with E-state index in [0.29, 0.717) is 6.61 Å². The molecule has 0 aromatic rings. The largest absolute Gasteiger partial charge is 0.389 e. The van der Waals surface area contributed by atoms with Crippen molar-refractivity contribution in [1.82, 2.24) is 0 Å². The van der Waals surface area contributed by atoms with Crippen molar-refractivity contribution in [3.05, 3.63) is 0 Å². The van der Waals surface area contributed by atoms with Gasteiger partial charge in [0.15, 0.2) is 0 Å². The van der Waals surface area contributed by atoms with E-state index < -0.39 is 18.7 Å². The summed E-state index contributed by atoms with van der Waals surface area (Å²) in [6.45, 7) is 0.635. The van der Waals surface area contributed by atoms with Crippen molar-refractivity contribution >= 4 is 0 Å². The molecule has 1 aliphatic rings. The number of methoxy groups -OCH3 is 1. The van der Waals surface area contributed by atoms with E-state index in [4.69, 9.17) is 9.47 Å². The van der Waals surface area contributed by atoms with Crippen LogP contribution in [0.25, 0.3) is 0 Å². The Kier molecular flexibility index (Phi) is 3.55. The molecule has 0 bridgehead atoms. The normalized spacial score (nSPS) is 25.4. The molecule has 1 heterocycles. The van der Waals surface area contributed by atoms with Crippen LogP contribution in [-0.2, 0) is 9.47 Å². The van der Waals surface area contributed by atoms with Crippen LogP contribution in [0.4, 0.5) is 13.2 Å². The van der Waals surface area contributed by atoms with Crippen LogP contribution in [0.15, 0.2) is 0 Å². The number of rotatable bonds is 4. The lowest BCUT2D eigenvalue weighted by molar-refractivity contribution is -0.162. The van der Waals surface area contributed by atoms with E-state index in [0.717, 1.165) is 6.42 Å². The molecule has 78 valence electrons. The van der Waals surface area contributed by atoms with E-state index in [1.54, 1.807) is 0 Å². The van der Waals surface area contributed by atoms with Crippen LogP contribution < -0.4 is 0 Å². The number of ether oxygens (including phenoxy) is 2. The van der Waals surface area contributed by atoms with Crippen LogP contribution in [0.3, 0.4) is 0 Å². The quantitative estimate of drug-likeness (QED) is 0.689. The third-order valence-corrected chi connectivity index (χ3v) is 2.16. The number of alkyl halides is 3. The molecule has 2 unspecified atom stereocenters. The molecule has 0 radical (unpaired) electrons. The Balaban J connectivity index is 2.23. The molecule has 1 fully saturated rings. The van der Waals surface area contributed by atoms with E-state index in [2.05, 4.69) is 0 Å². The first kappa shape index (κ1) is 10.8. The highest BCUT2D eigenvalue weighted by atomic mass is 19.4.